The Hall–Kier alpha value is -1.91. The summed E-state index contributed by atoms with van der Waals surface area (Å²) in [5, 5.41) is 10.0. The maximum atomic E-state index is 10.0. The Morgan fingerprint density at radius 2 is 2.00 bits per heavy atom. The van der Waals surface area contributed by atoms with Gasteiger partial charge < -0.3 is 9.84 Å². The molecule has 0 aliphatic carbocycles. The predicted octanol–water partition coefficient (Wildman–Crippen LogP) is 3.01. The molecular formula is C19H24N2O2. The number of rotatable bonds is 7. The van der Waals surface area contributed by atoms with E-state index in [1.807, 2.05) is 30.6 Å². The van der Waals surface area contributed by atoms with E-state index in [0.29, 0.717) is 11.9 Å². The van der Waals surface area contributed by atoms with Crippen molar-refractivity contribution in [3.63, 3.8) is 0 Å². The third-order valence-electron chi connectivity index (χ3n) is 4.34. The molecule has 1 aliphatic heterocycles. The first-order valence-electron chi connectivity index (χ1n) is 8.31. The zero-order chi connectivity index (χ0) is 15.9. The molecule has 0 amide bonds. The Morgan fingerprint density at radius 1 is 1.17 bits per heavy atom. The Bertz CT molecular complexity index is 597. The maximum Gasteiger partial charge on any atom is 0.120 e. The van der Waals surface area contributed by atoms with Gasteiger partial charge in [0.2, 0.25) is 0 Å². The number of phenolic OH excluding ortho intramolecular Hbond substituents is 1. The molecule has 2 heterocycles. The maximum absolute atomic E-state index is 10.0. The molecule has 1 N–H and O–H groups in total. The monoisotopic (exact) mass is 312 g/mol. The van der Waals surface area contributed by atoms with Crippen molar-refractivity contribution in [1.29, 1.82) is 0 Å². The molecule has 4 heteroatoms. The lowest BCUT2D eigenvalue weighted by atomic mass is 10.1. The van der Waals surface area contributed by atoms with E-state index >= 15 is 0 Å². The molecule has 122 valence electrons. The molecule has 0 spiro atoms. The van der Waals surface area contributed by atoms with Crippen LogP contribution < -0.4 is 0 Å². The summed E-state index contributed by atoms with van der Waals surface area (Å²) in [7, 11) is 0. The number of hydrogen-bond donors (Lipinski definition) is 1. The highest BCUT2D eigenvalue weighted by atomic mass is 16.5. The zero-order valence-electron chi connectivity index (χ0n) is 13.4. The van der Waals surface area contributed by atoms with Crippen molar-refractivity contribution in [3.05, 3.63) is 59.9 Å². The largest absolute Gasteiger partial charge is 0.508 e. The van der Waals surface area contributed by atoms with Gasteiger partial charge in [-0.15, -0.1) is 0 Å². The zero-order valence-corrected chi connectivity index (χ0v) is 13.4. The molecular weight excluding hydrogens is 288 g/mol. The normalized spacial score (nSPS) is 17.7. The lowest BCUT2D eigenvalue weighted by Crippen LogP contribution is -2.33. The number of hydrogen-bond acceptors (Lipinski definition) is 4. The second-order valence-electron chi connectivity index (χ2n) is 6.10. The van der Waals surface area contributed by atoms with E-state index in [9.17, 15) is 5.11 Å². The Balaban J connectivity index is 1.64. The van der Waals surface area contributed by atoms with Crippen LogP contribution in [0.2, 0.25) is 0 Å². The van der Waals surface area contributed by atoms with Crippen molar-refractivity contribution in [3.8, 4) is 5.75 Å². The van der Waals surface area contributed by atoms with E-state index in [4.69, 9.17) is 4.74 Å². The summed E-state index contributed by atoms with van der Waals surface area (Å²) in [6.45, 7) is 3.48. The van der Waals surface area contributed by atoms with Crippen LogP contribution in [-0.4, -0.2) is 40.8 Å². The fourth-order valence-electron chi connectivity index (χ4n) is 3.03. The van der Waals surface area contributed by atoms with Crippen molar-refractivity contribution in [2.24, 2.45) is 0 Å². The minimum Gasteiger partial charge on any atom is -0.508 e. The number of pyridine rings is 1. The van der Waals surface area contributed by atoms with Gasteiger partial charge in [-0.25, -0.2) is 0 Å². The third kappa shape index (κ3) is 4.78. The van der Waals surface area contributed by atoms with Gasteiger partial charge in [-0.3, -0.25) is 9.88 Å². The number of aromatic nitrogens is 1. The van der Waals surface area contributed by atoms with Crippen LogP contribution >= 0.6 is 0 Å². The molecule has 1 aliphatic rings. The molecule has 1 fully saturated rings. The fourth-order valence-corrected chi connectivity index (χ4v) is 3.03. The summed E-state index contributed by atoms with van der Waals surface area (Å²) < 4.78 is 5.79. The number of aromatic hydroxyl groups is 1. The first kappa shape index (κ1) is 16.0. The number of phenols is 1. The first-order chi connectivity index (χ1) is 11.3. The molecule has 4 nitrogen and oxygen atoms in total. The van der Waals surface area contributed by atoms with E-state index in [1.54, 1.807) is 6.07 Å². The van der Waals surface area contributed by atoms with Gasteiger partial charge in [-0.05, 0) is 43.0 Å². The molecule has 1 saturated heterocycles. The molecule has 1 aromatic heterocycles. The summed E-state index contributed by atoms with van der Waals surface area (Å²) in [6, 6.07) is 11.7. The van der Waals surface area contributed by atoms with Crippen LogP contribution in [0.1, 0.15) is 24.0 Å². The van der Waals surface area contributed by atoms with Gasteiger partial charge in [0.15, 0.2) is 0 Å². The number of para-hydroxylation sites is 1. The van der Waals surface area contributed by atoms with Gasteiger partial charge in [-0.1, -0.05) is 18.2 Å². The molecule has 3 rings (SSSR count). The van der Waals surface area contributed by atoms with Gasteiger partial charge in [0.1, 0.15) is 5.75 Å². The van der Waals surface area contributed by atoms with E-state index in [-0.39, 0.29) is 0 Å². The summed E-state index contributed by atoms with van der Waals surface area (Å²) in [5.74, 6) is 0.369. The molecule has 0 bridgehead atoms. The van der Waals surface area contributed by atoms with Gasteiger partial charge in [-0.2, -0.15) is 0 Å². The Morgan fingerprint density at radius 3 is 2.74 bits per heavy atom. The average molecular weight is 312 g/mol. The fraction of sp³-hybridized carbons (Fsp3) is 0.421. The molecule has 1 aromatic carbocycles. The van der Waals surface area contributed by atoms with Crippen LogP contribution in [0.3, 0.4) is 0 Å². The third-order valence-corrected chi connectivity index (χ3v) is 4.34. The predicted molar refractivity (Wildman–Crippen MR) is 90.3 cm³/mol. The van der Waals surface area contributed by atoms with E-state index in [1.165, 1.54) is 5.56 Å². The van der Waals surface area contributed by atoms with Crippen LogP contribution in [0, 0.1) is 0 Å². The second-order valence-corrected chi connectivity index (χ2v) is 6.10. The lowest BCUT2D eigenvalue weighted by molar-refractivity contribution is 0.0707. The molecule has 23 heavy (non-hydrogen) atoms. The van der Waals surface area contributed by atoms with Gasteiger partial charge in [0.05, 0.1) is 6.10 Å². The van der Waals surface area contributed by atoms with Gasteiger partial charge >= 0.3 is 0 Å². The van der Waals surface area contributed by atoms with E-state index < -0.39 is 0 Å². The van der Waals surface area contributed by atoms with Crippen LogP contribution in [0.25, 0.3) is 0 Å². The smallest absolute Gasteiger partial charge is 0.120 e. The van der Waals surface area contributed by atoms with E-state index in [0.717, 1.165) is 51.1 Å². The summed E-state index contributed by atoms with van der Waals surface area (Å²) in [4.78, 5) is 6.45. The minimum atomic E-state index is 0.318. The van der Waals surface area contributed by atoms with Crippen LogP contribution in [0.5, 0.6) is 5.75 Å². The standard InChI is InChI=1S/C19H24N2O2/c22-19-6-2-1-4-17(19)14-21(15-18-5-3-13-23-18)12-9-16-7-10-20-11-8-16/h1-2,4,6-8,10-11,18,22H,3,5,9,12-15H2. The Labute approximate surface area is 137 Å². The minimum absolute atomic E-state index is 0.318. The summed E-state index contributed by atoms with van der Waals surface area (Å²) in [6.07, 6.45) is 7.25. The molecule has 0 saturated carbocycles. The van der Waals surface area contributed by atoms with Crippen molar-refractivity contribution >= 4 is 0 Å². The van der Waals surface area contributed by atoms with Crippen LogP contribution in [0.4, 0.5) is 0 Å². The van der Waals surface area contributed by atoms with Crippen LogP contribution in [0.15, 0.2) is 48.8 Å². The molecule has 1 unspecified atom stereocenters. The van der Waals surface area contributed by atoms with Crippen molar-refractivity contribution < 1.29 is 9.84 Å². The van der Waals surface area contributed by atoms with Crippen molar-refractivity contribution in [1.82, 2.24) is 9.88 Å². The summed E-state index contributed by atoms with van der Waals surface area (Å²) in [5.41, 5.74) is 2.26. The first-order valence-corrected chi connectivity index (χ1v) is 8.31. The highest BCUT2D eigenvalue weighted by Gasteiger charge is 2.20. The molecule has 2 aromatic rings. The Kier molecular flexibility index (Phi) is 5.61. The highest BCUT2D eigenvalue weighted by molar-refractivity contribution is 5.31. The van der Waals surface area contributed by atoms with Gasteiger partial charge in [0.25, 0.3) is 0 Å². The highest BCUT2D eigenvalue weighted by Crippen LogP contribution is 2.20. The number of benzene rings is 1. The molecule has 0 radical (unpaired) electrons. The SMILES string of the molecule is Oc1ccccc1CN(CCc1ccncc1)CC1CCCO1. The quantitative estimate of drug-likeness (QED) is 0.853. The molecule has 1 atom stereocenters. The topological polar surface area (TPSA) is 45.6 Å². The number of nitrogens with zero attached hydrogens (tertiary/aromatic N) is 2. The summed E-state index contributed by atoms with van der Waals surface area (Å²) >= 11 is 0. The van der Waals surface area contributed by atoms with E-state index in [2.05, 4.69) is 22.0 Å². The average Bonchev–Trinajstić information content (AvgIpc) is 3.09. The van der Waals surface area contributed by atoms with Crippen molar-refractivity contribution in [2.75, 3.05) is 19.7 Å². The number of ether oxygens (including phenoxy) is 1. The van der Waals surface area contributed by atoms with Gasteiger partial charge in [0, 0.05) is 44.2 Å². The van der Waals surface area contributed by atoms with Crippen LogP contribution in [-0.2, 0) is 17.7 Å². The van der Waals surface area contributed by atoms with Crippen molar-refractivity contribution in [2.45, 2.75) is 31.9 Å². The second kappa shape index (κ2) is 8.09. The lowest BCUT2D eigenvalue weighted by Gasteiger charge is -2.25.